The molecule has 2 atom stereocenters. The lowest BCUT2D eigenvalue weighted by Gasteiger charge is -2.40. The largest absolute Gasteiger partial charge is 0.355 e. The summed E-state index contributed by atoms with van der Waals surface area (Å²) in [5.41, 5.74) is 2.69. The Balaban J connectivity index is 2.48. The highest BCUT2D eigenvalue weighted by molar-refractivity contribution is 5.97. The highest BCUT2D eigenvalue weighted by Gasteiger charge is 2.33. The lowest BCUT2D eigenvalue weighted by Crippen LogP contribution is -2.46. The van der Waals surface area contributed by atoms with Crippen molar-refractivity contribution in [2.75, 3.05) is 11.9 Å². The molecule has 1 heterocycles. The number of amides is 2. The van der Waals surface area contributed by atoms with Gasteiger partial charge < -0.3 is 10.2 Å². The third-order valence-corrected chi connectivity index (χ3v) is 4.12. The standard InChI is InChI=1S/C16H22N2O2/c1-5-14-10(2)8-13-9-12(16(20)17-4)6-7-15(13)18(14)11(3)19/h6-7,9-10,14H,5,8H2,1-4H3,(H,17,20)/t10-,14+/m1/s1. The number of hydrogen-bond donors (Lipinski definition) is 1. The van der Waals surface area contributed by atoms with Gasteiger partial charge in [-0.2, -0.15) is 0 Å². The van der Waals surface area contributed by atoms with Gasteiger partial charge in [-0.15, -0.1) is 0 Å². The average Bonchev–Trinajstić information content (AvgIpc) is 2.43. The second-order valence-corrected chi connectivity index (χ2v) is 5.47. The van der Waals surface area contributed by atoms with E-state index in [2.05, 4.69) is 19.2 Å². The molecule has 4 heteroatoms. The maximum absolute atomic E-state index is 12.0. The zero-order valence-electron chi connectivity index (χ0n) is 12.6. The molecule has 0 aromatic heterocycles. The fourth-order valence-corrected chi connectivity index (χ4v) is 3.17. The Morgan fingerprint density at radius 1 is 1.40 bits per heavy atom. The van der Waals surface area contributed by atoms with Crippen LogP contribution in [0.15, 0.2) is 18.2 Å². The number of hydrogen-bond acceptors (Lipinski definition) is 2. The molecule has 1 aliphatic rings. The number of nitrogens with one attached hydrogen (secondary N) is 1. The first-order valence-electron chi connectivity index (χ1n) is 7.14. The van der Waals surface area contributed by atoms with Crippen molar-refractivity contribution in [2.24, 2.45) is 5.92 Å². The van der Waals surface area contributed by atoms with Gasteiger partial charge in [0, 0.05) is 31.3 Å². The van der Waals surface area contributed by atoms with E-state index in [0.29, 0.717) is 11.5 Å². The Bertz CT molecular complexity index is 539. The first-order valence-corrected chi connectivity index (χ1v) is 7.14. The molecule has 1 aromatic rings. The summed E-state index contributed by atoms with van der Waals surface area (Å²) in [6.45, 7) is 5.89. The van der Waals surface area contributed by atoms with Gasteiger partial charge in [0.05, 0.1) is 0 Å². The summed E-state index contributed by atoms with van der Waals surface area (Å²) in [6, 6.07) is 5.84. The molecule has 1 aromatic carbocycles. The second kappa shape index (κ2) is 5.65. The van der Waals surface area contributed by atoms with E-state index in [9.17, 15) is 9.59 Å². The summed E-state index contributed by atoms with van der Waals surface area (Å²) in [4.78, 5) is 25.6. The topological polar surface area (TPSA) is 49.4 Å². The van der Waals surface area contributed by atoms with Crippen molar-refractivity contribution >= 4 is 17.5 Å². The van der Waals surface area contributed by atoms with Crippen LogP contribution < -0.4 is 10.2 Å². The monoisotopic (exact) mass is 274 g/mol. The van der Waals surface area contributed by atoms with Gasteiger partial charge in [0.25, 0.3) is 5.91 Å². The van der Waals surface area contributed by atoms with Crippen LogP contribution in [0.25, 0.3) is 0 Å². The number of fused-ring (bicyclic) bond motifs is 1. The lowest BCUT2D eigenvalue weighted by atomic mass is 9.85. The third-order valence-electron chi connectivity index (χ3n) is 4.12. The Hall–Kier alpha value is -1.84. The van der Waals surface area contributed by atoms with Crippen molar-refractivity contribution in [1.82, 2.24) is 5.32 Å². The molecule has 0 spiro atoms. The normalized spacial score (nSPS) is 21.3. The predicted octanol–water partition coefficient (Wildman–Crippen LogP) is 2.37. The van der Waals surface area contributed by atoms with Crippen molar-refractivity contribution in [3.05, 3.63) is 29.3 Å². The Kier molecular flexibility index (Phi) is 4.12. The van der Waals surface area contributed by atoms with Crippen molar-refractivity contribution in [3.63, 3.8) is 0 Å². The summed E-state index contributed by atoms with van der Waals surface area (Å²) in [6.07, 6.45) is 1.85. The number of rotatable bonds is 2. The van der Waals surface area contributed by atoms with E-state index >= 15 is 0 Å². The van der Waals surface area contributed by atoms with E-state index < -0.39 is 0 Å². The van der Waals surface area contributed by atoms with Gasteiger partial charge >= 0.3 is 0 Å². The van der Waals surface area contributed by atoms with Gasteiger partial charge in [-0.05, 0) is 42.5 Å². The predicted molar refractivity (Wildman–Crippen MR) is 79.9 cm³/mol. The SMILES string of the molecule is CC[C@H]1[C@H](C)Cc2cc(C(=O)NC)ccc2N1C(C)=O. The Morgan fingerprint density at radius 3 is 2.65 bits per heavy atom. The molecule has 0 saturated heterocycles. The summed E-state index contributed by atoms with van der Waals surface area (Å²) in [5.74, 6) is 0.376. The van der Waals surface area contributed by atoms with Crippen molar-refractivity contribution in [2.45, 2.75) is 39.7 Å². The van der Waals surface area contributed by atoms with E-state index in [1.165, 1.54) is 0 Å². The maximum atomic E-state index is 12.0. The van der Waals surface area contributed by atoms with Crippen LogP contribution in [-0.2, 0) is 11.2 Å². The molecule has 0 bridgehead atoms. The maximum Gasteiger partial charge on any atom is 0.251 e. The van der Waals surface area contributed by atoms with Crippen LogP contribution in [0.2, 0.25) is 0 Å². The highest BCUT2D eigenvalue weighted by Crippen LogP contribution is 2.35. The molecule has 2 amide bonds. The van der Waals surface area contributed by atoms with Gasteiger partial charge in [0.2, 0.25) is 5.91 Å². The van der Waals surface area contributed by atoms with E-state index in [1.807, 2.05) is 17.0 Å². The zero-order chi connectivity index (χ0) is 14.9. The van der Waals surface area contributed by atoms with Gasteiger partial charge in [-0.25, -0.2) is 0 Å². The van der Waals surface area contributed by atoms with Crippen LogP contribution in [0.3, 0.4) is 0 Å². The number of nitrogens with zero attached hydrogens (tertiary/aromatic N) is 1. The minimum absolute atomic E-state index is 0.0670. The van der Waals surface area contributed by atoms with Crippen LogP contribution in [0, 0.1) is 5.92 Å². The molecule has 0 aliphatic carbocycles. The summed E-state index contributed by atoms with van der Waals surface area (Å²) in [5, 5.41) is 2.63. The average molecular weight is 274 g/mol. The summed E-state index contributed by atoms with van der Waals surface area (Å²) in [7, 11) is 1.62. The van der Waals surface area contributed by atoms with E-state index in [0.717, 1.165) is 24.1 Å². The summed E-state index contributed by atoms with van der Waals surface area (Å²) >= 11 is 0. The fourth-order valence-electron chi connectivity index (χ4n) is 3.17. The molecule has 20 heavy (non-hydrogen) atoms. The van der Waals surface area contributed by atoms with Crippen molar-refractivity contribution < 1.29 is 9.59 Å². The lowest BCUT2D eigenvalue weighted by molar-refractivity contribution is -0.117. The van der Waals surface area contributed by atoms with Crippen molar-refractivity contribution in [1.29, 1.82) is 0 Å². The first kappa shape index (κ1) is 14.6. The molecule has 108 valence electrons. The van der Waals surface area contributed by atoms with Gasteiger partial charge in [-0.1, -0.05) is 13.8 Å². The minimum atomic E-state index is -0.0903. The number of carbonyl (C=O) groups is 2. The van der Waals surface area contributed by atoms with E-state index in [-0.39, 0.29) is 17.9 Å². The van der Waals surface area contributed by atoms with E-state index in [4.69, 9.17) is 0 Å². The van der Waals surface area contributed by atoms with Gasteiger partial charge in [0.15, 0.2) is 0 Å². The second-order valence-electron chi connectivity index (χ2n) is 5.47. The fraction of sp³-hybridized carbons (Fsp3) is 0.500. The number of carbonyl (C=O) groups excluding carboxylic acids is 2. The van der Waals surface area contributed by atoms with E-state index in [1.54, 1.807) is 20.0 Å². The first-order chi connectivity index (χ1) is 9.49. The molecular formula is C16H22N2O2. The van der Waals surface area contributed by atoms with Crippen LogP contribution in [0.4, 0.5) is 5.69 Å². The molecule has 1 N–H and O–H groups in total. The zero-order valence-corrected chi connectivity index (χ0v) is 12.6. The molecule has 0 fully saturated rings. The smallest absolute Gasteiger partial charge is 0.251 e. The molecule has 0 saturated carbocycles. The van der Waals surface area contributed by atoms with Crippen LogP contribution in [0.1, 0.15) is 43.1 Å². The van der Waals surface area contributed by atoms with Crippen LogP contribution >= 0.6 is 0 Å². The van der Waals surface area contributed by atoms with Crippen LogP contribution in [0.5, 0.6) is 0 Å². The Labute approximate surface area is 120 Å². The minimum Gasteiger partial charge on any atom is -0.355 e. The number of anilines is 1. The molecule has 0 radical (unpaired) electrons. The van der Waals surface area contributed by atoms with Gasteiger partial charge in [0.1, 0.15) is 0 Å². The molecule has 4 nitrogen and oxygen atoms in total. The highest BCUT2D eigenvalue weighted by atomic mass is 16.2. The Morgan fingerprint density at radius 2 is 2.10 bits per heavy atom. The van der Waals surface area contributed by atoms with Crippen LogP contribution in [-0.4, -0.2) is 24.9 Å². The molecular weight excluding hydrogens is 252 g/mol. The van der Waals surface area contributed by atoms with Gasteiger partial charge in [-0.3, -0.25) is 9.59 Å². The third kappa shape index (κ3) is 2.42. The molecule has 0 unspecified atom stereocenters. The molecule has 1 aliphatic heterocycles. The summed E-state index contributed by atoms with van der Waals surface area (Å²) < 4.78 is 0. The van der Waals surface area contributed by atoms with Crippen molar-refractivity contribution in [3.8, 4) is 0 Å². The molecule has 2 rings (SSSR count). The quantitative estimate of drug-likeness (QED) is 0.900. The number of benzene rings is 1.